The van der Waals surface area contributed by atoms with Crippen molar-refractivity contribution in [2.24, 2.45) is 16.6 Å². The van der Waals surface area contributed by atoms with Crippen LogP contribution in [-0.4, -0.2) is 73.4 Å². The second-order valence-electron chi connectivity index (χ2n) is 18.5. The first-order chi connectivity index (χ1) is 31.6. The molecule has 68 heavy (non-hydrogen) atoms. The van der Waals surface area contributed by atoms with E-state index in [1.54, 1.807) is 53.3 Å². The molecule has 19 heteroatoms. The summed E-state index contributed by atoms with van der Waals surface area (Å²) in [5.41, 5.74) is 7.99. The Morgan fingerprint density at radius 2 is 1.10 bits per heavy atom. The minimum Gasteiger partial charge on any atom is -0.478 e. The number of carbonyl (C=O) groups is 4. The van der Waals surface area contributed by atoms with Crippen LogP contribution < -0.4 is 11.1 Å². The van der Waals surface area contributed by atoms with Gasteiger partial charge < -0.3 is 25.6 Å². The van der Waals surface area contributed by atoms with E-state index in [1.165, 1.54) is 43.3 Å². The van der Waals surface area contributed by atoms with Crippen LogP contribution in [0.2, 0.25) is 0 Å². The third-order valence-corrected chi connectivity index (χ3v) is 13.2. The molecule has 6 aliphatic carbocycles. The van der Waals surface area contributed by atoms with Crippen LogP contribution in [0.3, 0.4) is 0 Å². The lowest BCUT2D eigenvalue weighted by molar-refractivity contribution is -0.175. The SMILES string of the molecule is C.COC(=O)CC12CC(N)(C1)C2.COC(=O)CC12CC(NC(=O)c3cnn4cccc(Cc5cccc(C(F)(F)F)c5)c34)(C1)C2.O=C(O)c1cnn2cccc(Cc3cccc(C(F)(F)F)c3)c12. The van der Waals surface area contributed by atoms with Crippen LogP contribution in [0.25, 0.3) is 11.0 Å². The van der Waals surface area contributed by atoms with Gasteiger partial charge in [-0.1, -0.05) is 56.0 Å². The third-order valence-electron chi connectivity index (χ3n) is 13.2. The number of esters is 2. The molecule has 0 unspecified atom stereocenters. The van der Waals surface area contributed by atoms with Crippen molar-refractivity contribution in [3.8, 4) is 0 Å². The van der Waals surface area contributed by atoms with Crippen molar-refractivity contribution < 1.29 is 60.1 Å². The molecule has 4 N–H and O–H groups in total. The van der Waals surface area contributed by atoms with Gasteiger partial charge in [0.25, 0.3) is 5.91 Å². The average molecular weight is 949 g/mol. The minimum atomic E-state index is -4.42. The summed E-state index contributed by atoms with van der Waals surface area (Å²) in [4.78, 5) is 46.9. The second-order valence-corrected chi connectivity index (χ2v) is 18.5. The van der Waals surface area contributed by atoms with E-state index in [0.29, 0.717) is 51.7 Å². The molecule has 6 fully saturated rings. The number of hydrogen-bond acceptors (Lipinski definition) is 9. The molecule has 0 aliphatic heterocycles. The first-order valence-corrected chi connectivity index (χ1v) is 21.3. The summed E-state index contributed by atoms with van der Waals surface area (Å²) in [6, 6.07) is 17.1. The minimum absolute atomic E-state index is 0. The molecular weight excluding hydrogens is 899 g/mol. The zero-order valence-corrected chi connectivity index (χ0v) is 36.3. The standard InChI is InChI=1S/C24H22F3N3O3.C16H11F3N2O2.C8H13NO2.CH4/c1-33-19(31)10-22-12-23(13-22,14-22)29-21(32)18-11-28-30-7-3-5-16(20(18)30)8-15-4-2-6-17(9-15)24(25,26)27;17-16(18,19)12-5-1-3-10(8-12)7-11-4-2-6-21-14(11)13(9-20-21)15(22)23;1-11-6(10)2-7-3-8(9,4-7)5-7;/h2-7,9,11H,8,10,12-14H2,1H3,(H,29,32);1-6,8-9H,7H2,(H,22,23);2-5,9H2,1H3;1H4. The molecule has 4 aromatic heterocycles. The Morgan fingerprint density at radius 3 is 1.51 bits per heavy atom. The molecule has 0 atom stereocenters. The zero-order chi connectivity index (χ0) is 48.2. The van der Waals surface area contributed by atoms with Crippen molar-refractivity contribution in [2.75, 3.05) is 14.2 Å². The lowest BCUT2D eigenvalue weighted by Gasteiger charge is -2.70. The zero-order valence-electron chi connectivity index (χ0n) is 36.3. The maximum Gasteiger partial charge on any atom is 0.416 e. The quantitative estimate of drug-likeness (QED) is 0.0839. The Hall–Kier alpha value is -6.76. The van der Waals surface area contributed by atoms with E-state index in [2.05, 4.69) is 20.3 Å². The maximum absolute atomic E-state index is 13.1. The number of fused-ring (bicyclic) bond motifs is 2. The van der Waals surface area contributed by atoms with Gasteiger partial charge in [-0.15, -0.1) is 0 Å². The van der Waals surface area contributed by atoms with Crippen molar-refractivity contribution in [1.82, 2.24) is 24.5 Å². The van der Waals surface area contributed by atoms with Crippen molar-refractivity contribution in [3.63, 3.8) is 0 Å². The van der Waals surface area contributed by atoms with Gasteiger partial charge in [0.2, 0.25) is 0 Å². The van der Waals surface area contributed by atoms with Crippen LogP contribution in [0.5, 0.6) is 0 Å². The highest BCUT2D eigenvalue weighted by Gasteiger charge is 2.69. The van der Waals surface area contributed by atoms with Gasteiger partial charge >= 0.3 is 30.3 Å². The number of rotatable bonds is 11. The average Bonchev–Trinajstić information content (AvgIpc) is 3.88. The molecule has 13 nitrogen and oxygen atoms in total. The van der Waals surface area contributed by atoms with Gasteiger partial charge in [0, 0.05) is 23.5 Å². The van der Waals surface area contributed by atoms with Crippen LogP contribution in [0, 0.1) is 10.8 Å². The van der Waals surface area contributed by atoms with Gasteiger partial charge in [-0.25, -0.2) is 13.8 Å². The second kappa shape index (κ2) is 18.0. The topological polar surface area (TPSA) is 180 Å². The smallest absolute Gasteiger partial charge is 0.416 e. The predicted molar refractivity (Wildman–Crippen MR) is 236 cm³/mol. The van der Waals surface area contributed by atoms with Gasteiger partial charge in [0.15, 0.2) is 0 Å². The van der Waals surface area contributed by atoms with Crippen LogP contribution in [0.4, 0.5) is 26.3 Å². The van der Waals surface area contributed by atoms with Crippen molar-refractivity contribution in [1.29, 1.82) is 0 Å². The number of halogens is 6. The van der Waals surface area contributed by atoms with E-state index in [9.17, 15) is 50.6 Å². The molecule has 6 aliphatic rings. The van der Waals surface area contributed by atoms with Crippen molar-refractivity contribution in [3.05, 3.63) is 142 Å². The number of carboxylic acid groups (broad SMARTS) is 1. The monoisotopic (exact) mass is 948 g/mol. The summed E-state index contributed by atoms with van der Waals surface area (Å²) >= 11 is 0. The molecule has 6 aromatic rings. The maximum atomic E-state index is 13.1. The number of methoxy groups -OCH3 is 2. The fraction of sp³-hybridized carbons (Fsp3) is 0.388. The van der Waals surface area contributed by atoms with E-state index in [-0.39, 0.29) is 65.6 Å². The van der Waals surface area contributed by atoms with Crippen LogP contribution in [-0.2, 0) is 44.3 Å². The number of carbonyl (C=O) groups excluding carboxylic acids is 3. The summed E-state index contributed by atoms with van der Waals surface area (Å²) in [6.45, 7) is 0. The van der Waals surface area contributed by atoms with E-state index in [1.807, 2.05) is 0 Å². The summed E-state index contributed by atoms with van der Waals surface area (Å²) in [5.74, 6) is -1.73. The molecule has 4 bridgehead atoms. The number of aromatic nitrogens is 4. The molecule has 4 heterocycles. The largest absolute Gasteiger partial charge is 0.478 e. The summed E-state index contributed by atoms with van der Waals surface area (Å²) < 4.78 is 90.0. The lowest BCUT2D eigenvalue weighted by Crippen LogP contribution is -2.75. The lowest BCUT2D eigenvalue weighted by atomic mass is 9.38. The molecule has 0 radical (unpaired) electrons. The van der Waals surface area contributed by atoms with Crippen LogP contribution >= 0.6 is 0 Å². The number of benzene rings is 2. The van der Waals surface area contributed by atoms with Crippen LogP contribution in [0.15, 0.2) is 97.6 Å². The molecule has 360 valence electrons. The number of alkyl halides is 6. The number of nitrogens with one attached hydrogen (secondary N) is 1. The Bertz CT molecular complexity index is 2870. The number of nitrogens with zero attached hydrogens (tertiary/aromatic N) is 4. The first-order valence-electron chi connectivity index (χ1n) is 21.3. The van der Waals surface area contributed by atoms with Crippen LogP contribution in [0.1, 0.15) is 113 Å². The summed E-state index contributed by atoms with van der Waals surface area (Å²) in [6.07, 6.45) is 3.79. The number of hydrogen-bond donors (Lipinski definition) is 3. The van der Waals surface area contributed by atoms with Crippen molar-refractivity contribution in [2.45, 2.75) is 95.1 Å². The molecule has 0 saturated heterocycles. The highest BCUT2D eigenvalue weighted by Crippen LogP contribution is 2.69. The van der Waals surface area contributed by atoms with E-state index in [0.717, 1.165) is 62.8 Å². The number of nitrogens with two attached hydrogens (primary N) is 1. The summed E-state index contributed by atoms with van der Waals surface area (Å²) in [5, 5.41) is 20.5. The van der Waals surface area contributed by atoms with Gasteiger partial charge in [-0.05, 0) is 109 Å². The summed E-state index contributed by atoms with van der Waals surface area (Å²) in [7, 11) is 2.81. The van der Waals surface area contributed by atoms with Gasteiger partial charge in [0.05, 0.1) is 67.2 Å². The molecule has 2 aromatic carbocycles. The highest BCUT2D eigenvalue weighted by molar-refractivity contribution is 6.02. The van der Waals surface area contributed by atoms with Gasteiger partial charge in [-0.3, -0.25) is 14.4 Å². The van der Waals surface area contributed by atoms with E-state index >= 15 is 0 Å². The number of pyridine rings is 2. The van der Waals surface area contributed by atoms with Gasteiger partial charge in [-0.2, -0.15) is 36.5 Å². The first kappa shape index (κ1) is 49.2. The number of ether oxygens (including phenoxy) is 2. The van der Waals surface area contributed by atoms with E-state index < -0.39 is 29.4 Å². The Morgan fingerprint density at radius 1 is 0.676 bits per heavy atom. The molecule has 12 rings (SSSR count). The number of aromatic carboxylic acids is 1. The molecule has 1 amide bonds. The number of carboxylic acids is 1. The fourth-order valence-corrected chi connectivity index (χ4v) is 10.6. The highest BCUT2D eigenvalue weighted by atomic mass is 19.4. The van der Waals surface area contributed by atoms with Gasteiger partial charge in [0.1, 0.15) is 5.56 Å². The van der Waals surface area contributed by atoms with E-state index in [4.69, 9.17) is 10.5 Å². The normalized spacial score (nSPS) is 22.8. The molecular formula is C49H50F6N6O7. The Balaban J connectivity index is 0.000000169. The molecule has 0 spiro atoms. The number of amides is 1. The van der Waals surface area contributed by atoms with Crippen molar-refractivity contribution >= 4 is 34.8 Å². The fourth-order valence-electron chi connectivity index (χ4n) is 10.6. The third kappa shape index (κ3) is 9.93. The Labute approximate surface area is 386 Å². The Kier molecular flexibility index (Phi) is 13.0. The molecule has 6 saturated carbocycles. The predicted octanol–water partition coefficient (Wildman–Crippen LogP) is 8.87.